The molecule has 1 aromatic carbocycles. The highest BCUT2D eigenvalue weighted by Crippen LogP contribution is 2.24. The first kappa shape index (κ1) is 11.6. The average Bonchev–Trinajstić information content (AvgIpc) is 2.32. The van der Waals surface area contributed by atoms with Crippen LogP contribution in [0.2, 0.25) is 0 Å². The molecule has 0 saturated heterocycles. The molecule has 0 aliphatic heterocycles. The molecule has 1 aromatic rings. The van der Waals surface area contributed by atoms with Crippen molar-refractivity contribution in [2.24, 2.45) is 0 Å². The van der Waals surface area contributed by atoms with Gasteiger partial charge in [0, 0.05) is 12.8 Å². The SMILES string of the molecule is O=C1CCC(Oc2ccccc2C(=O)O)CC1. The fourth-order valence-corrected chi connectivity index (χ4v) is 1.96. The van der Waals surface area contributed by atoms with E-state index in [9.17, 15) is 9.59 Å². The first-order chi connectivity index (χ1) is 8.16. The third kappa shape index (κ3) is 2.84. The zero-order valence-electron chi connectivity index (χ0n) is 9.39. The Morgan fingerprint density at radius 1 is 1.24 bits per heavy atom. The predicted octanol–water partition coefficient (Wildman–Crippen LogP) is 2.28. The van der Waals surface area contributed by atoms with Crippen LogP contribution in [0.3, 0.4) is 0 Å². The number of carboxylic acid groups (broad SMARTS) is 1. The highest BCUT2D eigenvalue weighted by molar-refractivity contribution is 5.90. The molecule has 0 radical (unpaired) electrons. The Hall–Kier alpha value is -1.84. The van der Waals surface area contributed by atoms with Crippen molar-refractivity contribution in [2.45, 2.75) is 31.8 Å². The van der Waals surface area contributed by atoms with Crippen LogP contribution in [0.15, 0.2) is 24.3 Å². The number of Topliss-reactive ketones (excluding diaryl/α,β-unsaturated/α-hetero) is 1. The molecule has 1 saturated carbocycles. The van der Waals surface area contributed by atoms with Gasteiger partial charge in [-0.25, -0.2) is 4.79 Å². The van der Waals surface area contributed by atoms with Crippen molar-refractivity contribution >= 4 is 11.8 Å². The topological polar surface area (TPSA) is 63.6 Å². The largest absolute Gasteiger partial charge is 0.490 e. The van der Waals surface area contributed by atoms with E-state index in [2.05, 4.69) is 0 Å². The number of hydrogen-bond acceptors (Lipinski definition) is 3. The molecule has 0 atom stereocenters. The number of ketones is 1. The van der Waals surface area contributed by atoms with E-state index in [0.29, 0.717) is 31.4 Å². The summed E-state index contributed by atoms with van der Waals surface area (Å²) in [4.78, 5) is 22.1. The molecule has 0 spiro atoms. The summed E-state index contributed by atoms with van der Waals surface area (Å²) in [5, 5.41) is 9.00. The van der Waals surface area contributed by atoms with Gasteiger partial charge >= 0.3 is 5.97 Å². The lowest BCUT2D eigenvalue weighted by atomic mass is 9.96. The molecular formula is C13H14O4. The van der Waals surface area contributed by atoms with E-state index in [1.54, 1.807) is 18.2 Å². The highest BCUT2D eigenvalue weighted by atomic mass is 16.5. The molecule has 90 valence electrons. The zero-order valence-corrected chi connectivity index (χ0v) is 9.39. The summed E-state index contributed by atoms with van der Waals surface area (Å²) in [5.41, 5.74) is 0.171. The molecule has 0 aromatic heterocycles. The van der Waals surface area contributed by atoms with E-state index in [4.69, 9.17) is 9.84 Å². The quantitative estimate of drug-likeness (QED) is 0.871. The van der Waals surface area contributed by atoms with Crippen molar-refractivity contribution < 1.29 is 19.4 Å². The monoisotopic (exact) mass is 234 g/mol. The second-order valence-electron chi connectivity index (χ2n) is 4.16. The molecular weight excluding hydrogens is 220 g/mol. The van der Waals surface area contributed by atoms with Crippen molar-refractivity contribution in [3.05, 3.63) is 29.8 Å². The molecule has 1 fully saturated rings. The summed E-state index contributed by atoms with van der Waals surface area (Å²) in [6, 6.07) is 6.59. The van der Waals surface area contributed by atoms with Gasteiger partial charge in [0.15, 0.2) is 0 Å². The number of ether oxygens (including phenoxy) is 1. The maximum absolute atomic E-state index is 11.1. The first-order valence-corrected chi connectivity index (χ1v) is 5.67. The number of rotatable bonds is 3. The summed E-state index contributed by atoms with van der Waals surface area (Å²) in [6.45, 7) is 0. The van der Waals surface area contributed by atoms with Gasteiger partial charge in [-0.2, -0.15) is 0 Å². The normalized spacial score (nSPS) is 16.8. The Morgan fingerprint density at radius 3 is 2.53 bits per heavy atom. The minimum absolute atomic E-state index is 0.0480. The van der Waals surface area contributed by atoms with Gasteiger partial charge in [-0.3, -0.25) is 4.79 Å². The van der Waals surface area contributed by atoms with Crippen LogP contribution in [0.25, 0.3) is 0 Å². The molecule has 0 heterocycles. The molecule has 1 N–H and O–H groups in total. The molecule has 2 rings (SSSR count). The van der Waals surface area contributed by atoms with Gasteiger partial charge < -0.3 is 9.84 Å². The van der Waals surface area contributed by atoms with Gasteiger partial charge in [0.1, 0.15) is 17.1 Å². The summed E-state index contributed by atoms with van der Waals surface area (Å²) in [6.07, 6.45) is 2.35. The number of carbonyl (C=O) groups excluding carboxylic acids is 1. The summed E-state index contributed by atoms with van der Waals surface area (Å²) < 4.78 is 5.66. The van der Waals surface area contributed by atoms with Gasteiger partial charge in [0.05, 0.1) is 6.10 Å². The van der Waals surface area contributed by atoms with Crippen LogP contribution in [0.1, 0.15) is 36.0 Å². The molecule has 0 bridgehead atoms. The molecule has 0 amide bonds. The van der Waals surface area contributed by atoms with Crippen LogP contribution in [-0.4, -0.2) is 23.0 Å². The first-order valence-electron chi connectivity index (χ1n) is 5.67. The zero-order chi connectivity index (χ0) is 12.3. The van der Waals surface area contributed by atoms with Crippen LogP contribution < -0.4 is 4.74 Å². The Morgan fingerprint density at radius 2 is 1.88 bits per heavy atom. The number of carboxylic acids is 1. The minimum atomic E-state index is -0.993. The van der Waals surface area contributed by atoms with E-state index < -0.39 is 5.97 Å². The lowest BCUT2D eigenvalue weighted by Gasteiger charge is -2.23. The van der Waals surface area contributed by atoms with E-state index in [1.807, 2.05) is 0 Å². The number of para-hydroxylation sites is 1. The van der Waals surface area contributed by atoms with Gasteiger partial charge in [0.2, 0.25) is 0 Å². The van der Waals surface area contributed by atoms with Gasteiger partial charge in [0.25, 0.3) is 0 Å². The average molecular weight is 234 g/mol. The Labute approximate surface area is 99.2 Å². The van der Waals surface area contributed by atoms with Crippen LogP contribution in [-0.2, 0) is 4.79 Å². The lowest BCUT2D eigenvalue weighted by molar-refractivity contribution is -0.121. The third-order valence-corrected chi connectivity index (χ3v) is 2.90. The van der Waals surface area contributed by atoms with E-state index >= 15 is 0 Å². The maximum Gasteiger partial charge on any atom is 0.339 e. The van der Waals surface area contributed by atoms with E-state index in [0.717, 1.165) is 0 Å². The second-order valence-corrected chi connectivity index (χ2v) is 4.16. The standard InChI is InChI=1S/C13H14O4/c14-9-5-7-10(8-6-9)17-12-4-2-1-3-11(12)13(15)16/h1-4,10H,5-8H2,(H,15,16). The molecule has 1 aliphatic carbocycles. The molecule has 0 unspecified atom stereocenters. The summed E-state index contributed by atoms with van der Waals surface area (Å²) >= 11 is 0. The third-order valence-electron chi connectivity index (χ3n) is 2.90. The molecule has 4 heteroatoms. The number of benzene rings is 1. The molecule has 17 heavy (non-hydrogen) atoms. The van der Waals surface area contributed by atoms with Crippen molar-refractivity contribution in [3.8, 4) is 5.75 Å². The lowest BCUT2D eigenvalue weighted by Crippen LogP contribution is -2.24. The Kier molecular flexibility index (Phi) is 3.42. The Bertz CT molecular complexity index is 429. The fourth-order valence-electron chi connectivity index (χ4n) is 1.96. The molecule has 4 nitrogen and oxygen atoms in total. The van der Waals surface area contributed by atoms with Crippen molar-refractivity contribution in [1.29, 1.82) is 0 Å². The van der Waals surface area contributed by atoms with E-state index in [1.165, 1.54) is 6.07 Å². The van der Waals surface area contributed by atoms with Crippen LogP contribution in [0.4, 0.5) is 0 Å². The van der Waals surface area contributed by atoms with Gasteiger partial charge in [-0.1, -0.05) is 12.1 Å². The second kappa shape index (κ2) is 4.99. The smallest absolute Gasteiger partial charge is 0.339 e. The minimum Gasteiger partial charge on any atom is -0.490 e. The predicted molar refractivity (Wildman–Crippen MR) is 61.3 cm³/mol. The molecule has 1 aliphatic rings. The highest BCUT2D eigenvalue weighted by Gasteiger charge is 2.21. The number of hydrogen-bond donors (Lipinski definition) is 1. The van der Waals surface area contributed by atoms with Crippen molar-refractivity contribution in [1.82, 2.24) is 0 Å². The van der Waals surface area contributed by atoms with Crippen LogP contribution in [0, 0.1) is 0 Å². The van der Waals surface area contributed by atoms with Crippen molar-refractivity contribution in [3.63, 3.8) is 0 Å². The van der Waals surface area contributed by atoms with Crippen molar-refractivity contribution in [2.75, 3.05) is 0 Å². The summed E-state index contributed by atoms with van der Waals surface area (Å²) in [7, 11) is 0. The van der Waals surface area contributed by atoms with Gasteiger partial charge in [-0.05, 0) is 25.0 Å². The number of carbonyl (C=O) groups is 2. The maximum atomic E-state index is 11.1. The van der Waals surface area contributed by atoms with Crippen LogP contribution in [0.5, 0.6) is 5.75 Å². The number of aromatic carboxylic acids is 1. The summed E-state index contributed by atoms with van der Waals surface area (Å²) in [5.74, 6) is -0.344. The Balaban J connectivity index is 2.08. The van der Waals surface area contributed by atoms with Gasteiger partial charge in [-0.15, -0.1) is 0 Å². The fraction of sp³-hybridized carbons (Fsp3) is 0.385. The van der Waals surface area contributed by atoms with Crippen LogP contribution >= 0.6 is 0 Å². The van der Waals surface area contributed by atoms with E-state index in [-0.39, 0.29) is 17.5 Å².